The number of primary amides is 1. The Morgan fingerprint density at radius 2 is 1.75 bits per heavy atom. The number of ether oxygens (including phenoxy) is 1. The molecule has 2 rings (SSSR count). The second-order valence-corrected chi connectivity index (χ2v) is 8.54. The Morgan fingerprint density at radius 1 is 1.11 bits per heavy atom. The van der Waals surface area contributed by atoms with Gasteiger partial charge in [0.15, 0.2) is 6.61 Å². The van der Waals surface area contributed by atoms with Gasteiger partial charge >= 0.3 is 0 Å². The SMILES string of the molecule is Cc1cc(S(=O)(=O)N(C)C)ccc1OCC(=O)Nc1ccc(CC(N)=O)cc1. The lowest BCUT2D eigenvalue weighted by atomic mass is 10.1. The van der Waals surface area contributed by atoms with Crippen LogP contribution in [0, 0.1) is 6.92 Å². The first-order chi connectivity index (χ1) is 13.1. The van der Waals surface area contributed by atoms with Gasteiger partial charge in [0.05, 0.1) is 11.3 Å². The smallest absolute Gasteiger partial charge is 0.262 e. The molecular weight excluding hydrogens is 382 g/mol. The number of carbonyl (C=O) groups excluding carboxylic acids is 2. The van der Waals surface area contributed by atoms with E-state index in [0.717, 1.165) is 9.87 Å². The predicted octanol–water partition coefficient (Wildman–Crippen LogP) is 1.29. The fraction of sp³-hybridized carbons (Fsp3) is 0.263. The van der Waals surface area contributed by atoms with Gasteiger partial charge in [0, 0.05) is 19.8 Å². The van der Waals surface area contributed by atoms with Crippen molar-refractivity contribution in [2.24, 2.45) is 5.73 Å². The van der Waals surface area contributed by atoms with Crippen LogP contribution in [0.4, 0.5) is 5.69 Å². The van der Waals surface area contributed by atoms with E-state index < -0.39 is 15.9 Å². The highest BCUT2D eigenvalue weighted by molar-refractivity contribution is 7.89. The van der Waals surface area contributed by atoms with E-state index in [2.05, 4.69) is 5.32 Å². The van der Waals surface area contributed by atoms with E-state index in [1.807, 2.05) is 0 Å². The van der Waals surface area contributed by atoms with E-state index >= 15 is 0 Å². The molecule has 0 unspecified atom stereocenters. The molecule has 0 fully saturated rings. The van der Waals surface area contributed by atoms with E-state index in [9.17, 15) is 18.0 Å². The van der Waals surface area contributed by atoms with Gasteiger partial charge in [0.1, 0.15) is 5.75 Å². The molecule has 2 aromatic rings. The van der Waals surface area contributed by atoms with Crippen LogP contribution in [0.15, 0.2) is 47.4 Å². The van der Waals surface area contributed by atoms with Crippen molar-refractivity contribution in [3.63, 3.8) is 0 Å². The Hall–Kier alpha value is -2.91. The lowest BCUT2D eigenvalue weighted by Crippen LogP contribution is -2.22. The van der Waals surface area contributed by atoms with Gasteiger partial charge in [0.25, 0.3) is 5.91 Å². The van der Waals surface area contributed by atoms with Crippen LogP contribution in [0.3, 0.4) is 0 Å². The van der Waals surface area contributed by atoms with Crippen molar-refractivity contribution < 1.29 is 22.7 Å². The molecular formula is C19H23N3O5S. The first-order valence-corrected chi connectivity index (χ1v) is 9.86. The number of rotatable bonds is 8. The minimum Gasteiger partial charge on any atom is -0.483 e. The summed E-state index contributed by atoms with van der Waals surface area (Å²) in [6.45, 7) is 1.48. The van der Waals surface area contributed by atoms with Crippen molar-refractivity contribution >= 4 is 27.5 Å². The number of carbonyl (C=O) groups is 2. The van der Waals surface area contributed by atoms with Crippen LogP contribution in [0.5, 0.6) is 5.75 Å². The molecule has 8 nitrogen and oxygen atoms in total. The van der Waals surface area contributed by atoms with Crippen LogP contribution in [-0.4, -0.2) is 45.2 Å². The zero-order valence-corrected chi connectivity index (χ0v) is 16.7. The highest BCUT2D eigenvalue weighted by Crippen LogP contribution is 2.23. The maximum Gasteiger partial charge on any atom is 0.262 e. The first-order valence-electron chi connectivity index (χ1n) is 8.42. The molecule has 150 valence electrons. The van der Waals surface area contributed by atoms with Crippen molar-refractivity contribution in [3.8, 4) is 5.75 Å². The third kappa shape index (κ3) is 5.54. The van der Waals surface area contributed by atoms with E-state index in [0.29, 0.717) is 17.0 Å². The van der Waals surface area contributed by atoms with Crippen LogP contribution in [0.25, 0.3) is 0 Å². The lowest BCUT2D eigenvalue weighted by molar-refractivity contribution is -0.118. The van der Waals surface area contributed by atoms with Gasteiger partial charge < -0.3 is 15.8 Å². The third-order valence-electron chi connectivity index (χ3n) is 3.90. The lowest BCUT2D eigenvalue weighted by Gasteiger charge is -2.14. The maximum absolute atomic E-state index is 12.1. The minimum atomic E-state index is -3.53. The fourth-order valence-corrected chi connectivity index (χ4v) is 3.39. The summed E-state index contributed by atoms with van der Waals surface area (Å²) in [6.07, 6.45) is 0.135. The molecule has 0 heterocycles. The predicted molar refractivity (Wildman–Crippen MR) is 106 cm³/mol. The quantitative estimate of drug-likeness (QED) is 0.686. The summed E-state index contributed by atoms with van der Waals surface area (Å²) in [6, 6.07) is 11.2. The number of nitrogens with two attached hydrogens (primary N) is 1. The first kappa shape index (κ1) is 21.4. The highest BCUT2D eigenvalue weighted by Gasteiger charge is 2.18. The molecule has 9 heteroatoms. The van der Waals surface area contributed by atoms with Gasteiger partial charge in [-0.2, -0.15) is 0 Å². The molecule has 0 aliphatic heterocycles. The zero-order valence-electron chi connectivity index (χ0n) is 15.9. The summed E-state index contributed by atoms with van der Waals surface area (Å²) in [5.41, 5.74) is 7.06. The molecule has 0 saturated carbocycles. The van der Waals surface area contributed by atoms with Crippen molar-refractivity contribution in [1.82, 2.24) is 4.31 Å². The highest BCUT2D eigenvalue weighted by atomic mass is 32.2. The summed E-state index contributed by atoms with van der Waals surface area (Å²) in [5, 5.41) is 2.68. The van der Waals surface area contributed by atoms with E-state index in [-0.39, 0.29) is 23.8 Å². The van der Waals surface area contributed by atoms with E-state index in [4.69, 9.17) is 10.5 Å². The molecule has 0 atom stereocenters. The van der Waals surface area contributed by atoms with Crippen LogP contribution in [0.2, 0.25) is 0 Å². The number of anilines is 1. The molecule has 0 aliphatic rings. The number of amides is 2. The van der Waals surface area contributed by atoms with Crippen LogP contribution in [0.1, 0.15) is 11.1 Å². The van der Waals surface area contributed by atoms with E-state index in [1.165, 1.54) is 32.3 Å². The summed E-state index contributed by atoms with van der Waals surface area (Å²) in [4.78, 5) is 23.1. The van der Waals surface area contributed by atoms with Crippen molar-refractivity contribution in [2.75, 3.05) is 26.0 Å². The van der Waals surface area contributed by atoms with Gasteiger partial charge in [-0.1, -0.05) is 12.1 Å². The topological polar surface area (TPSA) is 119 Å². The number of benzene rings is 2. The zero-order chi connectivity index (χ0) is 20.9. The molecule has 0 radical (unpaired) electrons. The van der Waals surface area contributed by atoms with Gasteiger partial charge in [-0.25, -0.2) is 12.7 Å². The van der Waals surface area contributed by atoms with Crippen molar-refractivity contribution in [2.45, 2.75) is 18.2 Å². The molecule has 2 amide bonds. The molecule has 3 N–H and O–H groups in total. The van der Waals surface area contributed by atoms with Crippen LogP contribution < -0.4 is 15.8 Å². The Kier molecular flexibility index (Phi) is 6.76. The van der Waals surface area contributed by atoms with Crippen molar-refractivity contribution in [3.05, 3.63) is 53.6 Å². The number of hydrogen-bond donors (Lipinski definition) is 2. The summed E-state index contributed by atoms with van der Waals surface area (Å²) < 4.78 is 30.9. The second-order valence-electron chi connectivity index (χ2n) is 6.39. The normalized spacial score (nSPS) is 11.3. The third-order valence-corrected chi connectivity index (χ3v) is 5.71. The Morgan fingerprint density at radius 3 is 2.29 bits per heavy atom. The number of sulfonamides is 1. The van der Waals surface area contributed by atoms with Gasteiger partial charge in [-0.15, -0.1) is 0 Å². The Balaban J connectivity index is 1.96. The number of aryl methyl sites for hydroxylation is 1. The molecule has 0 aromatic heterocycles. The van der Waals surface area contributed by atoms with Crippen molar-refractivity contribution in [1.29, 1.82) is 0 Å². The Labute approximate surface area is 164 Å². The summed E-state index contributed by atoms with van der Waals surface area (Å²) >= 11 is 0. The molecule has 2 aromatic carbocycles. The Bertz CT molecular complexity index is 970. The largest absolute Gasteiger partial charge is 0.483 e. The fourth-order valence-electron chi connectivity index (χ4n) is 2.40. The van der Waals surface area contributed by atoms with Crippen LogP contribution in [-0.2, 0) is 26.0 Å². The number of hydrogen-bond acceptors (Lipinski definition) is 5. The standard InChI is InChI=1S/C19H23N3O5S/c1-13-10-16(28(25,26)22(2)3)8-9-17(13)27-12-19(24)21-15-6-4-14(5-7-15)11-18(20)23/h4-10H,11-12H2,1-3H3,(H2,20,23)(H,21,24). The maximum atomic E-state index is 12.1. The average molecular weight is 405 g/mol. The molecule has 0 aliphatic carbocycles. The van der Waals surface area contributed by atoms with Gasteiger partial charge in [-0.05, 0) is 48.4 Å². The summed E-state index contributed by atoms with van der Waals surface area (Å²) in [7, 11) is -0.613. The average Bonchev–Trinajstić information content (AvgIpc) is 2.61. The molecule has 0 spiro atoms. The van der Waals surface area contributed by atoms with Crippen LogP contribution >= 0.6 is 0 Å². The molecule has 28 heavy (non-hydrogen) atoms. The number of nitrogens with zero attached hydrogens (tertiary/aromatic N) is 1. The molecule has 0 bridgehead atoms. The monoisotopic (exact) mass is 405 g/mol. The van der Waals surface area contributed by atoms with E-state index in [1.54, 1.807) is 31.2 Å². The second kappa shape index (κ2) is 8.85. The van der Waals surface area contributed by atoms with Gasteiger partial charge in [0.2, 0.25) is 15.9 Å². The number of nitrogens with one attached hydrogen (secondary N) is 1. The minimum absolute atomic E-state index is 0.135. The summed E-state index contributed by atoms with van der Waals surface area (Å²) in [5.74, 6) is -0.373. The molecule has 0 saturated heterocycles. The van der Waals surface area contributed by atoms with Gasteiger partial charge in [-0.3, -0.25) is 9.59 Å².